The van der Waals surface area contributed by atoms with Crippen molar-refractivity contribution in [2.45, 2.75) is 24.2 Å². The predicted molar refractivity (Wildman–Crippen MR) is 91.1 cm³/mol. The number of hydrogen-bond donors (Lipinski definition) is 1. The number of para-hydroxylation sites is 1. The highest BCUT2D eigenvalue weighted by atomic mass is 32.2. The summed E-state index contributed by atoms with van der Waals surface area (Å²) in [6.45, 7) is 1.18. The Bertz CT molecular complexity index is 656. The molecule has 0 atom stereocenters. The summed E-state index contributed by atoms with van der Waals surface area (Å²) < 4.78 is 0. The van der Waals surface area contributed by atoms with E-state index in [1.54, 1.807) is 9.80 Å². The molecule has 0 saturated carbocycles. The van der Waals surface area contributed by atoms with Gasteiger partial charge in [0.1, 0.15) is 6.54 Å². The van der Waals surface area contributed by atoms with Crippen LogP contribution < -0.4 is 4.90 Å². The number of anilines is 1. The van der Waals surface area contributed by atoms with Crippen LogP contribution in [-0.2, 0) is 14.4 Å². The second kappa shape index (κ2) is 7.25. The van der Waals surface area contributed by atoms with E-state index in [0.29, 0.717) is 31.7 Å². The van der Waals surface area contributed by atoms with E-state index < -0.39 is 5.97 Å². The number of likely N-dealkylation sites (tertiary alicyclic amines) is 1. The lowest BCUT2D eigenvalue weighted by Gasteiger charge is -2.34. The molecule has 7 heteroatoms. The maximum Gasteiger partial charge on any atom is 0.303 e. The zero-order valence-corrected chi connectivity index (χ0v) is 14.1. The molecule has 128 valence electrons. The van der Waals surface area contributed by atoms with Gasteiger partial charge in [0.25, 0.3) is 0 Å². The summed E-state index contributed by atoms with van der Waals surface area (Å²) in [5, 5.41) is 8.85. The first-order valence-electron chi connectivity index (χ1n) is 8.06. The van der Waals surface area contributed by atoms with Gasteiger partial charge < -0.3 is 14.9 Å². The number of thioether (sulfide) groups is 1. The van der Waals surface area contributed by atoms with Gasteiger partial charge in [-0.15, -0.1) is 11.8 Å². The minimum absolute atomic E-state index is 0.0483. The van der Waals surface area contributed by atoms with Crippen LogP contribution in [0.15, 0.2) is 29.2 Å². The molecule has 0 aromatic heterocycles. The summed E-state index contributed by atoms with van der Waals surface area (Å²) >= 11 is 1.50. The highest BCUT2D eigenvalue weighted by Gasteiger charge is 2.30. The van der Waals surface area contributed by atoms with Crippen molar-refractivity contribution in [2.75, 3.05) is 30.3 Å². The van der Waals surface area contributed by atoms with Crippen molar-refractivity contribution in [1.29, 1.82) is 0 Å². The summed E-state index contributed by atoms with van der Waals surface area (Å²) in [4.78, 5) is 39.9. The smallest absolute Gasteiger partial charge is 0.303 e. The molecule has 0 spiro atoms. The summed E-state index contributed by atoms with van der Waals surface area (Å²) in [6.07, 6.45) is 1.58. The van der Waals surface area contributed by atoms with Crippen LogP contribution >= 0.6 is 11.8 Å². The number of aliphatic carboxylic acids is 1. The third-order valence-electron chi connectivity index (χ3n) is 4.53. The first kappa shape index (κ1) is 16.8. The highest BCUT2D eigenvalue weighted by molar-refractivity contribution is 8.00. The molecule has 0 unspecified atom stereocenters. The standard InChI is InChI=1S/C17H20N2O4S/c20-15(18-7-5-12(6-8-18)9-17(22)23)10-19-13-3-1-2-4-14(13)24-11-16(19)21/h1-4,12H,5-11H2,(H,22,23). The van der Waals surface area contributed by atoms with Crippen LogP contribution in [0.3, 0.4) is 0 Å². The van der Waals surface area contributed by atoms with Crippen LogP contribution in [0, 0.1) is 5.92 Å². The van der Waals surface area contributed by atoms with Crippen molar-refractivity contribution in [3.8, 4) is 0 Å². The number of fused-ring (bicyclic) bond motifs is 1. The molecule has 24 heavy (non-hydrogen) atoms. The van der Waals surface area contributed by atoms with E-state index in [9.17, 15) is 14.4 Å². The third kappa shape index (κ3) is 3.72. The first-order valence-corrected chi connectivity index (χ1v) is 9.05. The number of carbonyl (C=O) groups excluding carboxylic acids is 2. The Balaban J connectivity index is 1.61. The Hall–Kier alpha value is -2.02. The Morgan fingerprint density at radius 2 is 1.92 bits per heavy atom. The monoisotopic (exact) mass is 348 g/mol. The van der Waals surface area contributed by atoms with Gasteiger partial charge in [0, 0.05) is 24.4 Å². The second-order valence-electron chi connectivity index (χ2n) is 6.16. The minimum Gasteiger partial charge on any atom is -0.481 e. The zero-order valence-electron chi connectivity index (χ0n) is 13.3. The lowest BCUT2D eigenvalue weighted by atomic mass is 9.93. The fourth-order valence-corrected chi connectivity index (χ4v) is 4.13. The SMILES string of the molecule is O=C(O)CC1CCN(C(=O)CN2C(=O)CSc3ccccc32)CC1. The van der Waals surface area contributed by atoms with Crippen molar-refractivity contribution in [3.63, 3.8) is 0 Å². The largest absolute Gasteiger partial charge is 0.481 e. The van der Waals surface area contributed by atoms with E-state index in [2.05, 4.69) is 0 Å². The summed E-state index contributed by atoms with van der Waals surface area (Å²) in [5.41, 5.74) is 0.799. The van der Waals surface area contributed by atoms with E-state index in [4.69, 9.17) is 5.11 Å². The number of carbonyl (C=O) groups is 3. The van der Waals surface area contributed by atoms with E-state index in [1.165, 1.54) is 11.8 Å². The summed E-state index contributed by atoms with van der Waals surface area (Å²) in [5.74, 6) is -0.412. The molecular formula is C17H20N2O4S. The van der Waals surface area contributed by atoms with E-state index in [1.807, 2.05) is 24.3 Å². The molecule has 2 amide bonds. The van der Waals surface area contributed by atoms with Gasteiger partial charge in [0.2, 0.25) is 11.8 Å². The molecule has 0 radical (unpaired) electrons. The molecule has 1 fully saturated rings. The third-order valence-corrected chi connectivity index (χ3v) is 5.58. The number of carboxylic acid groups (broad SMARTS) is 1. The molecule has 3 rings (SSSR count). The topological polar surface area (TPSA) is 77.9 Å². The lowest BCUT2D eigenvalue weighted by Crippen LogP contribution is -2.47. The van der Waals surface area contributed by atoms with Crippen LogP contribution in [0.2, 0.25) is 0 Å². The number of carboxylic acids is 1. The molecule has 6 nitrogen and oxygen atoms in total. The first-order chi connectivity index (χ1) is 11.5. The highest BCUT2D eigenvalue weighted by Crippen LogP contribution is 2.34. The number of piperidine rings is 1. The Morgan fingerprint density at radius 1 is 1.21 bits per heavy atom. The summed E-state index contributed by atoms with van der Waals surface area (Å²) in [7, 11) is 0. The average molecular weight is 348 g/mol. The minimum atomic E-state index is -0.784. The number of rotatable bonds is 4. The van der Waals surface area contributed by atoms with E-state index in [-0.39, 0.29) is 30.7 Å². The molecular weight excluding hydrogens is 328 g/mol. The van der Waals surface area contributed by atoms with E-state index in [0.717, 1.165) is 10.6 Å². The van der Waals surface area contributed by atoms with Crippen molar-refractivity contribution in [2.24, 2.45) is 5.92 Å². The van der Waals surface area contributed by atoms with Gasteiger partial charge >= 0.3 is 5.97 Å². The van der Waals surface area contributed by atoms with Crippen molar-refractivity contribution in [3.05, 3.63) is 24.3 Å². The fourth-order valence-electron chi connectivity index (χ4n) is 3.20. The fraction of sp³-hybridized carbons (Fsp3) is 0.471. The van der Waals surface area contributed by atoms with Crippen LogP contribution in [0.5, 0.6) is 0 Å². The molecule has 2 aliphatic heterocycles. The van der Waals surface area contributed by atoms with Crippen LogP contribution in [0.25, 0.3) is 0 Å². The number of amides is 2. The van der Waals surface area contributed by atoms with Crippen molar-refractivity contribution in [1.82, 2.24) is 4.90 Å². The van der Waals surface area contributed by atoms with Gasteiger partial charge in [-0.1, -0.05) is 12.1 Å². The quantitative estimate of drug-likeness (QED) is 0.898. The second-order valence-corrected chi connectivity index (χ2v) is 7.18. The Labute approximate surface area is 144 Å². The van der Waals surface area contributed by atoms with Gasteiger partial charge in [0.05, 0.1) is 11.4 Å². The zero-order chi connectivity index (χ0) is 17.1. The number of nitrogens with zero attached hydrogens (tertiary/aromatic N) is 2. The van der Waals surface area contributed by atoms with Gasteiger partial charge in [-0.2, -0.15) is 0 Å². The lowest BCUT2D eigenvalue weighted by molar-refractivity contribution is -0.138. The Kier molecular flexibility index (Phi) is 5.08. The predicted octanol–water partition coefficient (Wildman–Crippen LogP) is 1.84. The molecule has 0 aliphatic carbocycles. The Morgan fingerprint density at radius 3 is 2.62 bits per heavy atom. The normalized spacial score (nSPS) is 18.4. The van der Waals surface area contributed by atoms with Gasteiger partial charge in [0.15, 0.2) is 0 Å². The van der Waals surface area contributed by atoms with Crippen LogP contribution in [-0.4, -0.2) is 53.2 Å². The van der Waals surface area contributed by atoms with Crippen molar-refractivity contribution < 1.29 is 19.5 Å². The molecule has 0 bridgehead atoms. The maximum absolute atomic E-state index is 12.6. The van der Waals surface area contributed by atoms with Gasteiger partial charge in [-0.3, -0.25) is 14.4 Å². The number of benzene rings is 1. The molecule has 1 aromatic carbocycles. The van der Waals surface area contributed by atoms with Crippen LogP contribution in [0.4, 0.5) is 5.69 Å². The molecule has 1 N–H and O–H groups in total. The van der Waals surface area contributed by atoms with Gasteiger partial charge in [-0.05, 0) is 30.9 Å². The molecule has 1 aromatic rings. The average Bonchev–Trinajstić information content (AvgIpc) is 2.57. The van der Waals surface area contributed by atoms with Crippen molar-refractivity contribution >= 4 is 35.2 Å². The van der Waals surface area contributed by atoms with Crippen LogP contribution in [0.1, 0.15) is 19.3 Å². The van der Waals surface area contributed by atoms with Gasteiger partial charge in [-0.25, -0.2) is 0 Å². The summed E-state index contributed by atoms with van der Waals surface area (Å²) in [6, 6.07) is 7.62. The van der Waals surface area contributed by atoms with E-state index >= 15 is 0 Å². The molecule has 2 aliphatic rings. The maximum atomic E-state index is 12.6. The molecule has 1 saturated heterocycles. The molecule has 2 heterocycles. The number of hydrogen-bond acceptors (Lipinski definition) is 4.